The van der Waals surface area contributed by atoms with Crippen LogP contribution in [0.4, 0.5) is 13.2 Å². The highest BCUT2D eigenvalue weighted by molar-refractivity contribution is 5.96. The zero-order valence-corrected chi connectivity index (χ0v) is 15.5. The van der Waals surface area contributed by atoms with Crippen molar-refractivity contribution in [2.75, 3.05) is 19.7 Å². The first-order chi connectivity index (χ1) is 13.6. The van der Waals surface area contributed by atoms with Crippen molar-refractivity contribution in [2.24, 2.45) is 0 Å². The van der Waals surface area contributed by atoms with Gasteiger partial charge < -0.3 is 25.2 Å². The zero-order chi connectivity index (χ0) is 21.3. The highest BCUT2D eigenvalue weighted by Gasteiger charge is 2.51. The average Bonchev–Trinajstić information content (AvgIpc) is 3.04. The molecular formula is C19H21F3N2O5. The Morgan fingerprint density at radius 3 is 2.59 bits per heavy atom. The number of carbonyl (C=O) groups is 2. The molecule has 0 saturated carbocycles. The maximum Gasteiger partial charge on any atom is 0.406 e. The molecule has 2 amide bonds. The van der Waals surface area contributed by atoms with E-state index in [1.54, 1.807) is 24.3 Å². The van der Waals surface area contributed by atoms with E-state index < -0.39 is 48.7 Å². The minimum atomic E-state index is -4.69. The summed E-state index contributed by atoms with van der Waals surface area (Å²) in [5, 5.41) is 22.2. The Balaban J connectivity index is 2.05. The van der Waals surface area contributed by atoms with Crippen LogP contribution in [0.2, 0.25) is 0 Å². The number of alkyl halides is 3. The van der Waals surface area contributed by atoms with E-state index in [0.717, 1.165) is 6.92 Å². The lowest BCUT2D eigenvalue weighted by molar-refractivity contribution is -0.168. The van der Waals surface area contributed by atoms with E-state index in [9.17, 15) is 27.9 Å². The number of ether oxygens (including phenoxy) is 1. The van der Waals surface area contributed by atoms with E-state index in [0.29, 0.717) is 16.2 Å². The second-order valence-corrected chi connectivity index (χ2v) is 6.94. The molecule has 0 fully saturated rings. The Kier molecular flexibility index (Phi) is 5.85. The number of hydrogen-bond donors (Lipinski definition) is 3. The molecule has 4 atom stereocenters. The first kappa shape index (κ1) is 21.1. The van der Waals surface area contributed by atoms with Crippen LogP contribution in [0.5, 0.6) is 5.75 Å². The van der Waals surface area contributed by atoms with Gasteiger partial charge in [-0.3, -0.25) is 9.59 Å². The largest absolute Gasteiger partial charge is 0.486 e. The molecule has 3 N–H and O–H groups in total. The summed E-state index contributed by atoms with van der Waals surface area (Å²) < 4.78 is 44.8. The van der Waals surface area contributed by atoms with Crippen LogP contribution in [0, 0.1) is 0 Å². The number of benzene rings is 1. The van der Waals surface area contributed by atoms with Gasteiger partial charge in [0.2, 0.25) is 11.8 Å². The quantitative estimate of drug-likeness (QED) is 0.660. The molecule has 1 heterocycles. The number of rotatable bonds is 5. The first-order valence-corrected chi connectivity index (χ1v) is 9.02. The number of para-hydroxylation sites is 1. The van der Waals surface area contributed by atoms with E-state index in [4.69, 9.17) is 9.84 Å². The molecule has 1 aliphatic heterocycles. The highest BCUT2D eigenvalue weighted by Crippen LogP contribution is 2.47. The van der Waals surface area contributed by atoms with Crippen LogP contribution in [-0.2, 0) is 9.59 Å². The number of aliphatic hydroxyl groups is 2. The summed E-state index contributed by atoms with van der Waals surface area (Å²) in [5.74, 6) is -1.81. The normalized spacial score (nSPS) is 25.4. The maximum atomic E-state index is 13.0. The van der Waals surface area contributed by atoms with Crippen molar-refractivity contribution in [3.8, 4) is 5.75 Å². The van der Waals surface area contributed by atoms with Gasteiger partial charge in [-0.15, -0.1) is 0 Å². The van der Waals surface area contributed by atoms with Gasteiger partial charge >= 0.3 is 6.18 Å². The minimum Gasteiger partial charge on any atom is -0.486 e. The Bertz CT molecular complexity index is 826. The van der Waals surface area contributed by atoms with Crippen molar-refractivity contribution >= 4 is 11.8 Å². The summed E-state index contributed by atoms with van der Waals surface area (Å²) in [6, 6.07) is 5.36. The third-order valence-corrected chi connectivity index (χ3v) is 4.99. The fourth-order valence-corrected chi connectivity index (χ4v) is 3.81. The Labute approximate surface area is 164 Å². The molecule has 0 aromatic heterocycles. The lowest BCUT2D eigenvalue weighted by Crippen LogP contribution is -2.57. The van der Waals surface area contributed by atoms with Crippen molar-refractivity contribution in [3.05, 3.63) is 41.5 Å². The molecule has 10 heteroatoms. The van der Waals surface area contributed by atoms with Crippen LogP contribution in [0.15, 0.2) is 35.9 Å². The van der Waals surface area contributed by atoms with Crippen LogP contribution in [0.25, 0.3) is 0 Å². The fraction of sp³-hybridized carbons (Fsp3) is 0.474. The van der Waals surface area contributed by atoms with Gasteiger partial charge in [-0.05, 0) is 12.1 Å². The van der Waals surface area contributed by atoms with Gasteiger partial charge in [-0.25, -0.2) is 0 Å². The van der Waals surface area contributed by atoms with Gasteiger partial charge in [0.1, 0.15) is 24.5 Å². The molecule has 0 radical (unpaired) electrons. The van der Waals surface area contributed by atoms with Crippen molar-refractivity contribution in [1.82, 2.24) is 10.2 Å². The van der Waals surface area contributed by atoms with E-state index >= 15 is 0 Å². The molecular weight excluding hydrogens is 393 g/mol. The number of amides is 2. The van der Waals surface area contributed by atoms with Crippen LogP contribution in [0.1, 0.15) is 18.4 Å². The SMILES string of the molecule is CC(=O)N(CC(F)(F)F)C1C=C(C(=O)NCCO)C2c3ccccc3OC2C1O. The predicted octanol–water partition coefficient (Wildman–Crippen LogP) is 0.720. The molecule has 3 rings (SSSR count). The summed E-state index contributed by atoms with van der Waals surface area (Å²) >= 11 is 0. The van der Waals surface area contributed by atoms with Crippen LogP contribution in [0.3, 0.4) is 0 Å². The third kappa shape index (κ3) is 4.23. The lowest BCUT2D eigenvalue weighted by atomic mass is 9.77. The topological polar surface area (TPSA) is 99.1 Å². The highest BCUT2D eigenvalue weighted by atomic mass is 19.4. The number of nitrogens with zero attached hydrogens (tertiary/aromatic N) is 1. The summed E-state index contributed by atoms with van der Waals surface area (Å²) in [6.45, 7) is -0.979. The Morgan fingerprint density at radius 2 is 1.97 bits per heavy atom. The van der Waals surface area contributed by atoms with E-state index in [1.807, 2.05) is 0 Å². The number of fused-ring (bicyclic) bond motifs is 3. The molecule has 1 aromatic carbocycles. The predicted molar refractivity (Wildman–Crippen MR) is 95.0 cm³/mol. The molecule has 158 valence electrons. The lowest BCUT2D eigenvalue weighted by Gasteiger charge is -2.40. The van der Waals surface area contributed by atoms with Crippen LogP contribution >= 0.6 is 0 Å². The van der Waals surface area contributed by atoms with Crippen LogP contribution in [-0.4, -0.2) is 71.0 Å². The average molecular weight is 414 g/mol. The van der Waals surface area contributed by atoms with E-state index in [-0.39, 0.29) is 18.7 Å². The van der Waals surface area contributed by atoms with Gasteiger partial charge in [0, 0.05) is 24.6 Å². The van der Waals surface area contributed by atoms with Crippen molar-refractivity contribution < 1.29 is 37.7 Å². The molecule has 0 bridgehead atoms. The molecule has 7 nitrogen and oxygen atoms in total. The molecule has 0 spiro atoms. The van der Waals surface area contributed by atoms with E-state index in [1.165, 1.54) is 6.08 Å². The molecule has 1 aromatic rings. The number of halogens is 3. The van der Waals surface area contributed by atoms with Gasteiger partial charge in [0.05, 0.1) is 18.6 Å². The number of nitrogens with one attached hydrogen (secondary N) is 1. The third-order valence-electron chi connectivity index (χ3n) is 4.99. The van der Waals surface area contributed by atoms with Crippen molar-refractivity contribution in [3.63, 3.8) is 0 Å². The Hall–Kier alpha value is -2.59. The number of aliphatic hydroxyl groups excluding tert-OH is 2. The van der Waals surface area contributed by atoms with Gasteiger partial charge in [0.25, 0.3) is 0 Å². The minimum absolute atomic E-state index is 0.0533. The monoisotopic (exact) mass is 414 g/mol. The molecule has 29 heavy (non-hydrogen) atoms. The Morgan fingerprint density at radius 1 is 1.28 bits per heavy atom. The van der Waals surface area contributed by atoms with Crippen LogP contribution < -0.4 is 10.1 Å². The summed E-state index contributed by atoms with van der Waals surface area (Å²) in [6.07, 6.45) is -6.01. The van der Waals surface area contributed by atoms with Gasteiger partial charge in [-0.2, -0.15) is 13.2 Å². The standard InChI is InChI=1S/C19H21F3N2O5/c1-10(26)24(9-19(20,21)22)13-8-12(18(28)23-6-7-25)15-11-4-2-3-5-14(11)29-17(15)16(13)27/h2-5,8,13,15-17,25,27H,6-7,9H2,1H3,(H,23,28). The fourth-order valence-electron chi connectivity index (χ4n) is 3.81. The van der Waals surface area contributed by atoms with Gasteiger partial charge in [0.15, 0.2) is 0 Å². The number of carbonyl (C=O) groups excluding carboxylic acids is 2. The summed E-state index contributed by atoms with van der Waals surface area (Å²) in [5.41, 5.74) is 0.697. The molecule has 2 aliphatic rings. The molecule has 1 aliphatic carbocycles. The second kappa shape index (κ2) is 8.03. The maximum absolute atomic E-state index is 13.0. The molecule has 0 saturated heterocycles. The van der Waals surface area contributed by atoms with Crippen molar-refractivity contribution in [1.29, 1.82) is 0 Å². The summed E-state index contributed by atoms with van der Waals surface area (Å²) in [7, 11) is 0. The van der Waals surface area contributed by atoms with Crippen molar-refractivity contribution in [2.45, 2.75) is 37.3 Å². The number of hydrogen-bond acceptors (Lipinski definition) is 5. The van der Waals surface area contributed by atoms with E-state index in [2.05, 4.69) is 5.32 Å². The summed E-state index contributed by atoms with van der Waals surface area (Å²) in [4.78, 5) is 25.1. The zero-order valence-electron chi connectivity index (χ0n) is 15.5. The second-order valence-electron chi connectivity index (χ2n) is 6.94. The van der Waals surface area contributed by atoms with Gasteiger partial charge in [-0.1, -0.05) is 18.2 Å². The smallest absolute Gasteiger partial charge is 0.406 e. The molecule has 4 unspecified atom stereocenters. The first-order valence-electron chi connectivity index (χ1n) is 9.02.